The molecule has 1 rings (SSSR count). The Labute approximate surface area is 138 Å². The van der Waals surface area contributed by atoms with E-state index in [9.17, 15) is 9.59 Å². The highest BCUT2D eigenvalue weighted by atomic mass is 16.5. The average molecular weight is 318 g/mol. The summed E-state index contributed by atoms with van der Waals surface area (Å²) < 4.78 is 5.22. The van der Waals surface area contributed by atoms with Gasteiger partial charge in [0.2, 0.25) is 0 Å². The molecule has 1 aromatic rings. The summed E-state index contributed by atoms with van der Waals surface area (Å²) in [6, 6.07) is 7.41. The van der Waals surface area contributed by atoms with Gasteiger partial charge in [0, 0.05) is 12.2 Å². The number of esters is 1. The fraction of sp³-hybridized carbons (Fsp3) is 0.474. The molecule has 0 unspecified atom stereocenters. The summed E-state index contributed by atoms with van der Waals surface area (Å²) >= 11 is 0. The molecule has 4 heteroatoms. The van der Waals surface area contributed by atoms with Crippen molar-refractivity contribution in [2.75, 3.05) is 0 Å². The number of aliphatic carboxylic acids is 1. The Morgan fingerprint density at radius 2 is 1.65 bits per heavy atom. The highest BCUT2D eigenvalue weighted by molar-refractivity contribution is 5.91. The Morgan fingerprint density at radius 1 is 1.00 bits per heavy atom. The number of hydrogen-bond donors (Lipinski definition) is 1. The molecular weight excluding hydrogens is 292 g/mol. The molecule has 1 N–H and O–H groups in total. The number of carbonyl (C=O) groups is 2. The number of ether oxygens (including phenoxy) is 1. The van der Waals surface area contributed by atoms with Crippen molar-refractivity contribution in [3.8, 4) is 5.75 Å². The van der Waals surface area contributed by atoms with E-state index in [1.165, 1.54) is 38.5 Å². The minimum absolute atomic E-state index is 0.513. The van der Waals surface area contributed by atoms with Gasteiger partial charge in [-0.3, -0.25) is 0 Å². The number of aryl methyl sites for hydroxylation is 1. The molecule has 0 saturated carbocycles. The Kier molecular flexibility index (Phi) is 9.45. The summed E-state index contributed by atoms with van der Waals surface area (Å²) in [5.41, 5.74) is 0.984. The lowest BCUT2D eigenvalue weighted by molar-refractivity contribution is -0.133. The lowest BCUT2D eigenvalue weighted by atomic mass is 10.0. The summed E-state index contributed by atoms with van der Waals surface area (Å²) in [4.78, 5) is 22.0. The number of para-hydroxylation sites is 1. The van der Waals surface area contributed by atoms with Crippen LogP contribution >= 0.6 is 0 Å². The highest BCUT2D eigenvalue weighted by Crippen LogP contribution is 2.21. The van der Waals surface area contributed by atoms with E-state index in [4.69, 9.17) is 9.84 Å². The maximum Gasteiger partial charge on any atom is 0.336 e. The van der Waals surface area contributed by atoms with E-state index in [0.29, 0.717) is 5.75 Å². The van der Waals surface area contributed by atoms with Crippen molar-refractivity contribution in [1.82, 2.24) is 0 Å². The van der Waals surface area contributed by atoms with Crippen LogP contribution in [0.3, 0.4) is 0 Å². The second-order valence-corrected chi connectivity index (χ2v) is 5.57. The second-order valence-electron chi connectivity index (χ2n) is 5.57. The fourth-order valence-corrected chi connectivity index (χ4v) is 2.36. The summed E-state index contributed by atoms with van der Waals surface area (Å²) in [5.74, 6) is -1.32. The zero-order valence-corrected chi connectivity index (χ0v) is 13.8. The summed E-state index contributed by atoms with van der Waals surface area (Å²) in [5, 5.41) is 8.51. The lowest BCUT2D eigenvalue weighted by Crippen LogP contribution is -2.06. The first kappa shape index (κ1) is 18.9. The van der Waals surface area contributed by atoms with Crippen LogP contribution in [0.2, 0.25) is 0 Å². The van der Waals surface area contributed by atoms with Gasteiger partial charge in [-0.2, -0.15) is 0 Å². The van der Waals surface area contributed by atoms with E-state index in [2.05, 4.69) is 6.92 Å². The molecule has 0 heterocycles. The molecule has 0 aliphatic heterocycles. The summed E-state index contributed by atoms with van der Waals surface area (Å²) in [6.45, 7) is 2.21. The van der Waals surface area contributed by atoms with Crippen LogP contribution < -0.4 is 4.74 Å². The number of carboxylic acids is 1. The van der Waals surface area contributed by atoms with Crippen molar-refractivity contribution < 1.29 is 19.4 Å². The predicted octanol–water partition coefficient (Wildman–Crippen LogP) is 4.53. The molecule has 0 amide bonds. The first-order chi connectivity index (χ1) is 11.1. The van der Waals surface area contributed by atoms with Gasteiger partial charge in [0.1, 0.15) is 5.75 Å². The molecule has 0 bridgehead atoms. The van der Waals surface area contributed by atoms with Gasteiger partial charge in [-0.25, -0.2) is 9.59 Å². The van der Waals surface area contributed by atoms with Gasteiger partial charge in [-0.1, -0.05) is 63.6 Å². The van der Waals surface area contributed by atoms with E-state index in [1.54, 1.807) is 12.1 Å². The average Bonchev–Trinajstić information content (AvgIpc) is 2.53. The van der Waals surface area contributed by atoms with Gasteiger partial charge in [-0.15, -0.1) is 0 Å². The van der Waals surface area contributed by atoms with Gasteiger partial charge in [0.05, 0.1) is 0 Å². The lowest BCUT2D eigenvalue weighted by Gasteiger charge is -2.08. The SMILES string of the molecule is CCCCCCCCCc1ccccc1OC(=O)/C=C/C(=O)O. The van der Waals surface area contributed by atoms with Gasteiger partial charge >= 0.3 is 11.9 Å². The maximum atomic E-state index is 11.6. The van der Waals surface area contributed by atoms with E-state index in [0.717, 1.165) is 30.6 Å². The largest absolute Gasteiger partial charge is 0.478 e. The molecule has 23 heavy (non-hydrogen) atoms. The van der Waals surface area contributed by atoms with Crippen LogP contribution in [0.15, 0.2) is 36.4 Å². The van der Waals surface area contributed by atoms with Gasteiger partial charge in [0.15, 0.2) is 0 Å². The Hall–Kier alpha value is -2.10. The van der Waals surface area contributed by atoms with Crippen LogP contribution in [0.5, 0.6) is 5.75 Å². The smallest absolute Gasteiger partial charge is 0.336 e. The Balaban J connectivity index is 2.41. The molecule has 0 saturated heterocycles. The van der Waals surface area contributed by atoms with Crippen molar-refractivity contribution in [1.29, 1.82) is 0 Å². The van der Waals surface area contributed by atoms with Crippen molar-refractivity contribution in [2.24, 2.45) is 0 Å². The van der Waals surface area contributed by atoms with Gasteiger partial charge < -0.3 is 9.84 Å². The van der Waals surface area contributed by atoms with E-state index >= 15 is 0 Å². The van der Waals surface area contributed by atoms with Crippen molar-refractivity contribution >= 4 is 11.9 Å². The normalized spacial score (nSPS) is 10.8. The molecule has 126 valence electrons. The van der Waals surface area contributed by atoms with Crippen molar-refractivity contribution in [3.63, 3.8) is 0 Å². The Bertz CT molecular complexity index is 520. The van der Waals surface area contributed by atoms with Crippen molar-refractivity contribution in [3.05, 3.63) is 42.0 Å². The quantitative estimate of drug-likeness (QED) is 0.282. The number of unbranched alkanes of at least 4 members (excludes halogenated alkanes) is 6. The monoisotopic (exact) mass is 318 g/mol. The molecule has 0 aliphatic carbocycles. The molecule has 0 aliphatic rings. The number of benzene rings is 1. The molecule has 1 aromatic carbocycles. The van der Waals surface area contributed by atoms with E-state index < -0.39 is 11.9 Å². The Morgan fingerprint density at radius 3 is 2.35 bits per heavy atom. The van der Waals surface area contributed by atoms with Crippen LogP contribution in [-0.2, 0) is 16.0 Å². The predicted molar refractivity (Wildman–Crippen MR) is 90.5 cm³/mol. The van der Waals surface area contributed by atoms with Gasteiger partial charge in [-0.05, 0) is 24.5 Å². The van der Waals surface area contributed by atoms with Crippen LogP contribution in [0, 0.1) is 0 Å². The molecule has 0 fully saturated rings. The molecular formula is C19H26O4. The zero-order chi connectivity index (χ0) is 16.9. The minimum atomic E-state index is -1.17. The molecule has 0 atom stereocenters. The second kappa shape index (κ2) is 11.5. The summed E-state index contributed by atoms with van der Waals surface area (Å²) in [7, 11) is 0. The first-order valence-corrected chi connectivity index (χ1v) is 8.34. The molecule has 0 radical (unpaired) electrons. The van der Waals surface area contributed by atoms with Gasteiger partial charge in [0.25, 0.3) is 0 Å². The summed E-state index contributed by atoms with van der Waals surface area (Å²) in [6.07, 6.45) is 11.2. The third kappa shape index (κ3) is 8.81. The standard InChI is InChI=1S/C19H26O4/c1-2-3-4-5-6-7-8-11-16-12-9-10-13-17(16)23-19(22)15-14-18(20)21/h9-10,12-15H,2-8,11H2,1H3,(H,20,21)/b15-14+. The topological polar surface area (TPSA) is 63.6 Å². The van der Waals surface area contributed by atoms with Crippen molar-refractivity contribution in [2.45, 2.75) is 58.3 Å². The number of hydrogen-bond acceptors (Lipinski definition) is 3. The third-order valence-corrected chi connectivity index (χ3v) is 3.59. The number of carbonyl (C=O) groups excluding carboxylic acids is 1. The van der Waals surface area contributed by atoms with Crippen LogP contribution in [0.1, 0.15) is 57.4 Å². The zero-order valence-electron chi connectivity index (χ0n) is 13.8. The highest BCUT2D eigenvalue weighted by Gasteiger charge is 2.07. The maximum absolute atomic E-state index is 11.6. The van der Waals surface area contributed by atoms with Crippen LogP contribution in [0.4, 0.5) is 0 Å². The molecule has 0 spiro atoms. The van der Waals surface area contributed by atoms with Crippen LogP contribution in [0.25, 0.3) is 0 Å². The number of rotatable bonds is 11. The number of carboxylic acid groups (broad SMARTS) is 1. The van der Waals surface area contributed by atoms with E-state index in [-0.39, 0.29) is 0 Å². The minimum Gasteiger partial charge on any atom is -0.478 e. The van der Waals surface area contributed by atoms with E-state index in [1.807, 2.05) is 12.1 Å². The molecule has 0 aromatic heterocycles. The van der Waals surface area contributed by atoms with Crippen LogP contribution in [-0.4, -0.2) is 17.0 Å². The third-order valence-electron chi connectivity index (χ3n) is 3.59. The first-order valence-electron chi connectivity index (χ1n) is 8.34. The molecule has 4 nitrogen and oxygen atoms in total. The fourth-order valence-electron chi connectivity index (χ4n) is 2.36.